The fourth-order valence-electron chi connectivity index (χ4n) is 4.93. The van der Waals surface area contributed by atoms with E-state index in [4.69, 9.17) is 0 Å². The van der Waals surface area contributed by atoms with Crippen LogP contribution >= 0.6 is 0 Å². The summed E-state index contributed by atoms with van der Waals surface area (Å²) in [5.74, 6) is -3.13. The number of phenolic OH excluding ortho intramolecular Hbond substituents is 1. The Labute approximate surface area is 256 Å². The second-order valence-electron chi connectivity index (χ2n) is 11.8. The van der Waals surface area contributed by atoms with Gasteiger partial charge >= 0.3 is 5.97 Å². The van der Waals surface area contributed by atoms with Crippen molar-refractivity contribution in [3.63, 3.8) is 0 Å². The van der Waals surface area contributed by atoms with E-state index in [1.54, 1.807) is 62.4 Å². The Morgan fingerprint density at radius 3 is 2.18 bits per heavy atom. The second-order valence-corrected chi connectivity index (χ2v) is 11.8. The maximum Gasteiger partial charge on any atom is 0.326 e. The van der Waals surface area contributed by atoms with Gasteiger partial charge in [-0.3, -0.25) is 29.5 Å². The molecule has 2 aromatic carbocycles. The zero-order valence-electron chi connectivity index (χ0n) is 25.4. The van der Waals surface area contributed by atoms with Crippen LogP contribution in [0.4, 0.5) is 0 Å². The summed E-state index contributed by atoms with van der Waals surface area (Å²) >= 11 is 0. The lowest BCUT2D eigenvalue weighted by molar-refractivity contribution is -0.142. The smallest absolute Gasteiger partial charge is 0.326 e. The van der Waals surface area contributed by atoms with Crippen LogP contribution in [0.5, 0.6) is 5.75 Å². The molecule has 238 valence electrons. The number of benzene rings is 2. The standard InChI is InChI=1S/C31H42N6O7/c1-19(2)14-25(30(43)44)35-28(41)23(15-20-8-6-5-7-9-20)34-27(40)17-32-26(39)18-33-37-29(42)24(36-31(37,3)4)16-21-10-12-22(38)13-11-21/h5-13,19,23-25,33,36,38H,14-18H2,1-4H3,(H,32,39)(H,34,40)(H,35,41)(H,43,44)/t23-,24-,25-/m0/s1. The van der Waals surface area contributed by atoms with Crippen LogP contribution in [0.3, 0.4) is 0 Å². The predicted octanol–water partition coefficient (Wildman–Crippen LogP) is 0.435. The number of amides is 4. The molecule has 0 aliphatic carbocycles. The first-order valence-corrected chi connectivity index (χ1v) is 14.5. The van der Waals surface area contributed by atoms with Crippen LogP contribution in [0.1, 0.15) is 45.2 Å². The molecule has 1 saturated heterocycles. The maximum atomic E-state index is 13.1. The molecule has 0 unspecified atom stereocenters. The number of nitrogens with one attached hydrogen (secondary N) is 5. The topological polar surface area (TPSA) is 189 Å². The molecule has 0 spiro atoms. The van der Waals surface area contributed by atoms with E-state index in [1.807, 2.05) is 19.9 Å². The highest BCUT2D eigenvalue weighted by atomic mass is 16.4. The van der Waals surface area contributed by atoms with Gasteiger partial charge in [0.15, 0.2) is 0 Å². The Bertz CT molecular complexity index is 1320. The molecule has 7 N–H and O–H groups in total. The highest BCUT2D eigenvalue weighted by Gasteiger charge is 2.44. The van der Waals surface area contributed by atoms with Crippen LogP contribution in [-0.4, -0.2) is 81.7 Å². The number of carbonyl (C=O) groups is 5. The van der Waals surface area contributed by atoms with Crippen molar-refractivity contribution >= 4 is 29.6 Å². The zero-order chi connectivity index (χ0) is 32.4. The molecule has 0 aromatic heterocycles. The van der Waals surface area contributed by atoms with Crippen LogP contribution in [-0.2, 0) is 36.8 Å². The summed E-state index contributed by atoms with van der Waals surface area (Å²) in [4.78, 5) is 63.2. The van der Waals surface area contributed by atoms with E-state index < -0.39 is 54.0 Å². The molecule has 1 aliphatic rings. The first kappa shape index (κ1) is 34.0. The number of hydrogen-bond donors (Lipinski definition) is 7. The molecule has 44 heavy (non-hydrogen) atoms. The number of hydrogen-bond acceptors (Lipinski definition) is 8. The molecule has 13 nitrogen and oxygen atoms in total. The van der Waals surface area contributed by atoms with Crippen molar-refractivity contribution in [3.8, 4) is 5.75 Å². The summed E-state index contributed by atoms with van der Waals surface area (Å²) in [6, 6.07) is 12.8. The Balaban J connectivity index is 1.54. The Kier molecular flexibility index (Phi) is 11.8. The predicted molar refractivity (Wildman–Crippen MR) is 162 cm³/mol. The van der Waals surface area contributed by atoms with Gasteiger partial charge < -0.3 is 26.2 Å². The normalized spacial score (nSPS) is 17.2. The van der Waals surface area contributed by atoms with Crippen molar-refractivity contribution in [1.82, 2.24) is 31.7 Å². The third-order valence-electron chi connectivity index (χ3n) is 7.08. The van der Waals surface area contributed by atoms with E-state index in [1.165, 1.54) is 5.01 Å². The molecule has 0 radical (unpaired) electrons. The number of carboxylic acids is 1. The van der Waals surface area contributed by atoms with E-state index >= 15 is 0 Å². The molecule has 3 atom stereocenters. The highest BCUT2D eigenvalue weighted by Crippen LogP contribution is 2.22. The average Bonchev–Trinajstić information content (AvgIpc) is 3.17. The molecule has 0 bridgehead atoms. The fraction of sp³-hybridized carbons (Fsp3) is 0.452. The molecular formula is C31H42N6O7. The number of nitrogens with zero attached hydrogens (tertiary/aromatic N) is 1. The van der Waals surface area contributed by atoms with E-state index in [9.17, 15) is 34.2 Å². The molecule has 1 aliphatic heterocycles. The first-order valence-electron chi connectivity index (χ1n) is 14.5. The Hall–Kier alpha value is -4.49. The van der Waals surface area contributed by atoms with Crippen LogP contribution in [0.15, 0.2) is 54.6 Å². The van der Waals surface area contributed by atoms with Gasteiger partial charge in [-0.25, -0.2) is 10.2 Å². The number of carboxylic acid groups (broad SMARTS) is 1. The fourth-order valence-corrected chi connectivity index (χ4v) is 4.93. The van der Waals surface area contributed by atoms with Gasteiger partial charge in [-0.2, -0.15) is 0 Å². The van der Waals surface area contributed by atoms with Crippen molar-refractivity contribution in [3.05, 3.63) is 65.7 Å². The van der Waals surface area contributed by atoms with Gasteiger partial charge in [0, 0.05) is 6.42 Å². The SMILES string of the molecule is CC(C)C[C@H](NC(=O)[C@H](Cc1ccccc1)NC(=O)CNC(=O)CNN1C(=O)[C@H](Cc2ccc(O)cc2)NC1(C)C)C(=O)O. The summed E-state index contributed by atoms with van der Waals surface area (Å²) in [6.45, 7) is 6.53. The Morgan fingerprint density at radius 2 is 1.57 bits per heavy atom. The van der Waals surface area contributed by atoms with Gasteiger partial charge in [-0.15, -0.1) is 0 Å². The molecule has 1 heterocycles. The lowest BCUT2D eigenvalue weighted by Gasteiger charge is -2.31. The minimum Gasteiger partial charge on any atom is -0.508 e. The van der Waals surface area contributed by atoms with E-state index in [0.717, 1.165) is 11.1 Å². The minimum absolute atomic E-state index is 0.0183. The quantitative estimate of drug-likeness (QED) is 0.150. The van der Waals surface area contributed by atoms with Crippen LogP contribution < -0.4 is 26.7 Å². The molecule has 2 aromatic rings. The van der Waals surface area contributed by atoms with Gasteiger partial charge in [-0.1, -0.05) is 56.3 Å². The lowest BCUT2D eigenvalue weighted by atomic mass is 10.0. The van der Waals surface area contributed by atoms with Crippen molar-refractivity contribution in [1.29, 1.82) is 0 Å². The summed E-state index contributed by atoms with van der Waals surface area (Å²) in [5.41, 5.74) is 3.63. The third-order valence-corrected chi connectivity index (χ3v) is 7.08. The van der Waals surface area contributed by atoms with Crippen molar-refractivity contribution < 1.29 is 34.2 Å². The molecule has 3 rings (SSSR count). The number of hydrazine groups is 1. The monoisotopic (exact) mass is 610 g/mol. The van der Waals surface area contributed by atoms with Gasteiger partial charge in [0.2, 0.25) is 17.7 Å². The van der Waals surface area contributed by atoms with E-state index in [-0.39, 0.29) is 37.0 Å². The van der Waals surface area contributed by atoms with Crippen LogP contribution in [0.25, 0.3) is 0 Å². The summed E-state index contributed by atoms with van der Waals surface area (Å²) in [5, 5.41) is 31.2. The van der Waals surface area contributed by atoms with E-state index in [2.05, 4.69) is 26.7 Å². The van der Waals surface area contributed by atoms with Crippen molar-refractivity contribution in [2.45, 2.75) is 70.7 Å². The zero-order valence-corrected chi connectivity index (χ0v) is 25.4. The first-order chi connectivity index (χ1) is 20.7. The molecular weight excluding hydrogens is 568 g/mol. The minimum atomic E-state index is -1.17. The second kappa shape index (κ2) is 15.3. The number of phenols is 1. The van der Waals surface area contributed by atoms with Gasteiger partial charge in [-0.05, 0) is 55.9 Å². The number of carbonyl (C=O) groups excluding carboxylic acids is 4. The van der Waals surface area contributed by atoms with E-state index in [0.29, 0.717) is 6.42 Å². The number of aliphatic carboxylic acids is 1. The summed E-state index contributed by atoms with van der Waals surface area (Å²) in [7, 11) is 0. The third kappa shape index (κ3) is 10.1. The van der Waals surface area contributed by atoms with Crippen molar-refractivity contribution in [2.75, 3.05) is 13.1 Å². The highest BCUT2D eigenvalue weighted by molar-refractivity contribution is 5.92. The van der Waals surface area contributed by atoms with Gasteiger partial charge in [0.05, 0.1) is 19.1 Å². The number of aromatic hydroxyl groups is 1. The number of rotatable bonds is 15. The van der Waals surface area contributed by atoms with Gasteiger partial charge in [0.25, 0.3) is 5.91 Å². The lowest BCUT2D eigenvalue weighted by Crippen LogP contribution is -2.56. The van der Waals surface area contributed by atoms with Crippen molar-refractivity contribution in [2.24, 2.45) is 5.92 Å². The van der Waals surface area contributed by atoms with Crippen LogP contribution in [0.2, 0.25) is 0 Å². The summed E-state index contributed by atoms with van der Waals surface area (Å²) in [6.07, 6.45) is 0.724. The largest absolute Gasteiger partial charge is 0.508 e. The summed E-state index contributed by atoms with van der Waals surface area (Å²) < 4.78 is 0. The molecule has 13 heteroatoms. The maximum absolute atomic E-state index is 13.1. The van der Waals surface area contributed by atoms with Gasteiger partial charge in [0.1, 0.15) is 23.5 Å². The Morgan fingerprint density at radius 1 is 0.909 bits per heavy atom. The molecule has 1 fully saturated rings. The van der Waals surface area contributed by atoms with Crippen LogP contribution in [0, 0.1) is 5.92 Å². The molecule has 4 amide bonds. The molecule has 0 saturated carbocycles. The average molecular weight is 611 g/mol.